The molecule has 11 heteroatoms. The number of rotatable bonds is 5. The monoisotopic (exact) mass is 534 g/mol. The molecule has 0 spiro atoms. The quantitative estimate of drug-likeness (QED) is 0.365. The van der Waals surface area contributed by atoms with Gasteiger partial charge >= 0.3 is 0 Å². The normalized spacial score (nSPS) is 15.5. The molecule has 6 rings (SSSR count). The summed E-state index contributed by atoms with van der Waals surface area (Å²) in [7, 11) is -3.63. The summed E-state index contributed by atoms with van der Waals surface area (Å²) >= 11 is 6.30. The lowest BCUT2D eigenvalue weighted by Gasteiger charge is -2.30. The number of hydrogen-bond donors (Lipinski definition) is 1. The molecule has 0 amide bonds. The van der Waals surface area contributed by atoms with Gasteiger partial charge in [0.15, 0.2) is 11.2 Å². The number of benzene rings is 3. The van der Waals surface area contributed by atoms with Gasteiger partial charge in [-0.25, -0.2) is 18.1 Å². The first-order chi connectivity index (χ1) is 17.9. The molecule has 0 unspecified atom stereocenters. The summed E-state index contributed by atoms with van der Waals surface area (Å²) in [6.45, 7) is 0.992. The lowest BCUT2D eigenvalue weighted by atomic mass is 9.97. The van der Waals surface area contributed by atoms with Crippen molar-refractivity contribution < 1.29 is 8.42 Å². The van der Waals surface area contributed by atoms with Crippen LogP contribution in [0.3, 0.4) is 0 Å². The van der Waals surface area contributed by atoms with Gasteiger partial charge in [0.1, 0.15) is 5.82 Å². The first-order valence-corrected chi connectivity index (χ1v) is 13.8. The van der Waals surface area contributed by atoms with Crippen LogP contribution in [0.4, 0.5) is 0 Å². The van der Waals surface area contributed by atoms with Crippen LogP contribution in [-0.2, 0) is 16.6 Å². The molecule has 3 aromatic carbocycles. The van der Waals surface area contributed by atoms with Crippen LogP contribution in [0, 0.1) is 0 Å². The van der Waals surface area contributed by atoms with Gasteiger partial charge in [0.2, 0.25) is 10.0 Å². The Hall–Kier alpha value is -3.60. The molecule has 1 fully saturated rings. The number of aromatic amines is 1. The van der Waals surface area contributed by atoms with Crippen LogP contribution >= 0.6 is 11.6 Å². The summed E-state index contributed by atoms with van der Waals surface area (Å²) < 4.78 is 29.7. The summed E-state index contributed by atoms with van der Waals surface area (Å²) in [6.07, 6.45) is 1.07. The van der Waals surface area contributed by atoms with Gasteiger partial charge < -0.3 is 4.98 Å². The third kappa shape index (κ3) is 4.41. The molecule has 37 heavy (non-hydrogen) atoms. The van der Waals surface area contributed by atoms with Gasteiger partial charge in [-0.15, -0.1) is 5.10 Å². The second kappa shape index (κ2) is 9.37. The molecule has 0 aliphatic carbocycles. The standard InChI is InChI=1S/C26H23ClN6O3S/c27-22-8-4-3-7-20(22)16-33-25-23(30-31-33)26(34)29-24(28-25)18-11-13-32(14-12-18)37(35,36)21-10-9-17-5-1-2-6-19(17)15-21/h1-10,15,18H,11-14,16H2,(H,28,29,34). The SMILES string of the molecule is O=c1[nH]c(C2CCN(S(=O)(=O)c3ccc4ccccc4c3)CC2)nc2c1nnn2Cc1ccccc1Cl. The molecule has 3 heterocycles. The Kier molecular flexibility index (Phi) is 6.02. The lowest BCUT2D eigenvalue weighted by molar-refractivity contribution is 0.313. The van der Waals surface area contributed by atoms with Gasteiger partial charge in [-0.2, -0.15) is 4.31 Å². The van der Waals surface area contributed by atoms with Crippen molar-refractivity contribution in [2.75, 3.05) is 13.1 Å². The molecular formula is C26H23ClN6O3S. The average molecular weight is 535 g/mol. The third-order valence-electron chi connectivity index (χ3n) is 6.87. The molecule has 5 aromatic rings. The van der Waals surface area contributed by atoms with E-state index < -0.39 is 10.0 Å². The first-order valence-electron chi connectivity index (χ1n) is 12.0. The van der Waals surface area contributed by atoms with E-state index in [1.165, 1.54) is 4.31 Å². The van der Waals surface area contributed by atoms with Crippen LogP contribution in [0.1, 0.15) is 30.1 Å². The largest absolute Gasteiger partial charge is 0.308 e. The minimum absolute atomic E-state index is 0.0937. The van der Waals surface area contributed by atoms with Gasteiger partial charge in [0.05, 0.1) is 11.4 Å². The van der Waals surface area contributed by atoms with Gasteiger partial charge in [-0.3, -0.25) is 4.79 Å². The Labute approximate surface area is 217 Å². The van der Waals surface area contributed by atoms with Crippen molar-refractivity contribution in [2.45, 2.75) is 30.2 Å². The Morgan fingerprint density at radius 2 is 1.70 bits per heavy atom. The maximum atomic E-state index is 13.3. The molecule has 0 atom stereocenters. The zero-order chi connectivity index (χ0) is 25.6. The fraction of sp³-hybridized carbons (Fsp3) is 0.231. The van der Waals surface area contributed by atoms with E-state index in [-0.39, 0.29) is 21.9 Å². The zero-order valence-corrected chi connectivity index (χ0v) is 21.3. The van der Waals surface area contributed by atoms with Crippen molar-refractivity contribution in [1.29, 1.82) is 0 Å². The average Bonchev–Trinajstić information content (AvgIpc) is 3.33. The highest BCUT2D eigenvalue weighted by Gasteiger charge is 2.31. The predicted molar refractivity (Wildman–Crippen MR) is 141 cm³/mol. The van der Waals surface area contributed by atoms with E-state index in [1.807, 2.05) is 48.5 Å². The third-order valence-corrected chi connectivity index (χ3v) is 9.13. The van der Waals surface area contributed by atoms with E-state index in [0.29, 0.717) is 49.0 Å². The summed E-state index contributed by atoms with van der Waals surface area (Å²) in [6, 6.07) is 20.3. The Balaban J connectivity index is 1.23. The molecule has 0 saturated carbocycles. The zero-order valence-electron chi connectivity index (χ0n) is 19.7. The Morgan fingerprint density at radius 3 is 2.49 bits per heavy atom. The maximum absolute atomic E-state index is 13.3. The number of nitrogens with one attached hydrogen (secondary N) is 1. The van der Waals surface area contributed by atoms with E-state index >= 15 is 0 Å². The van der Waals surface area contributed by atoms with E-state index in [2.05, 4.69) is 15.3 Å². The van der Waals surface area contributed by atoms with E-state index in [0.717, 1.165) is 16.3 Å². The van der Waals surface area contributed by atoms with Gasteiger partial charge in [0, 0.05) is 24.0 Å². The number of halogens is 1. The number of aromatic nitrogens is 5. The van der Waals surface area contributed by atoms with Crippen molar-refractivity contribution in [3.05, 3.63) is 93.5 Å². The van der Waals surface area contributed by atoms with E-state index in [9.17, 15) is 13.2 Å². The highest BCUT2D eigenvalue weighted by molar-refractivity contribution is 7.89. The minimum Gasteiger partial charge on any atom is -0.308 e. The second-order valence-electron chi connectivity index (χ2n) is 9.15. The van der Waals surface area contributed by atoms with Crippen LogP contribution in [0.5, 0.6) is 0 Å². The van der Waals surface area contributed by atoms with Crippen molar-refractivity contribution in [1.82, 2.24) is 29.3 Å². The van der Waals surface area contributed by atoms with Crippen molar-refractivity contribution in [2.24, 2.45) is 0 Å². The molecule has 9 nitrogen and oxygen atoms in total. The molecule has 1 N–H and O–H groups in total. The summed E-state index contributed by atoms with van der Waals surface area (Å²) in [5.41, 5.74) is 1.01. The molecule has 1 aliphatic rings. The maximum Gasteiger partial charge on any atom is 0.281 e. The molecule has 0 bridgehead atoms. The van der Waals surface area contributed by atoms with Gasteiger partial charge in [-0.1, -0.05) is 65.3 Å². The number of fused-ring (bicyclic) bond motifs is 2. The Bertz CT molecular complexity index is 1790. The van der Waals surface area contributed by atoms with Crippen LogP contribution in [0.2, 0.25) is 5.02 Å². The van der Waals surface area contributed by atoms with Crippen LogP contribution < -0.4 is 5.56 Å². The highest BCUT2D eigenvalue weighted by Crippen LogP contribution is 2.30. The highest BCUT2D eigenvalue weighted by atomic mass is 35.5. The van der Waals surface area contributed by atoms with E-state index in [4.69, 9.17) is 16.6 Å². The molecule has 1 aliphatic heterocycles. The predicted octanol–water partition coefficient (Wildman–Crippen LogP) is 3.94. The fourth-order valence-electron chi connectivity index (χ4n) is 4.82. The van der Waals surface area contributed by atoms with Crippen LogP contribution in [0.25, 0.3) is 21.9 Å². The molecule has 188 valence electrons. The number of piperidine rings is 1. The topological polar surface area (TPSA) is 114 Å². The number of hydrogen-bond acceptors (Lipinski definition) is 6. The first kappa shape index (κ1) is 23.8. The summed E-state index contributed by atoms with van der Waals surface area (Å²) in [5.74, 6) is 0.423. The van der Waals surface area contributed by atoms with Crippen LogP contribution in [-0.4, -0.2) is 50.8 Å². The molecule has 1 saturated heterocycles. The van der Waals surface area contributed by atoms with E-state index in [1.54, 1.807) is 22.9 Å². The fourth-order valence-corrected chi connectivity index (χ4v) is 6.52. The number of sulfonamides is 1. The smallest absolute Gasteiger partial charge is 0.281 e. The van der Waals surface area contributed by atoms with Crippen molar-refractivity contribution in [3.8, 4) is 0 Å². The summed E-state index contributed by atoms with van der Waals surface area (Å²) in [5, 5.41) is 10.6. The minimum atomic E-state index is -3.63. The second-order valence-corrected chi connectivity index (χ2v) is 11.5. The van der Waals surface area contributed by atoms with Crippen molar-refractivity contribution >= 4 is 43.6 Å². The number of H-pyrrole nitrogens is 1. The van der Waals surface area contributed by atoms with Crippen LogP contribution in [0.15, 0.2) is 76.4 Å². The molecular weight excluding hydrogens is 512 g/mol. The molecule has 0 radical (unpaired) electrons. The van der Waals surface area contributed by atoms with Gasteiger partial charge in [0.25, 0.3) is 5.56 Å². The summed E-state index contributed by atoms with van der Waals surface area (Å²) in [4.78, 5) is 20.6. The van der Waals surface area contributed by atoms with Gasteiger partial charge in [-0.05, 0) is 47.4 Å². The molecule has 2 aromatic heterocycles. The van der Waals surface area contributed by atoms with Crippen molar-refractivity contribution in [3.63, 3.8) is 0 Å². The Morgan fingerprint density at radius 1 is 0.973 bits per heavy atom. The lowest BCUT2D eigenvalue weighted by Crippen LogP contribution is -2.38. The number of nitrogens with zero attached hydrogens (tertiary/aromatic N) is 5.